The molecule has 2 fully saturated rings. The third-order valence-corrected chi connectivity index (χ3v) is 10.3. The van der Waals surface area contributed by atoms with Crippen LogP contribution in [0.3, 0.4) is 0 Å². The van der Waals surface area contributed by atoms with Gasteiger partial charge in [0.05, 0.1) is 12.4 Å². The molecule has 0 spiro atoms. The van der Waals surface area contributed by atoms with E-state index < -0.39 is 74.3 Å². The molecule has 5 rings (SSSR count). The van der Waals surface area contributed by atoms with Gasteiger partial charge in [-0.15, -0.1) is 0 Å². The minimum atomic E-state index is -4.04. The molecule has 13 heteroatoms. The zero-order valence-corrected chi connectivity index (χ0v) is 25.8. The van der Waals surface area contributed by atoms with Gasteiger partial charge in [0.15, 0.2) is 0 Å². The third kappa shape index (κ3) is 5.35. The van der Waals surface area contributed by atoms with Crippen molar-refractivity contribution >= 4 is 22.1 Å². The zero-order valence-electron chi connectivity index (χ0n) is 25.0. The number of carbonyl (C=O) groups is 2. The van der Waals surface area contributed by atoms with Crippen LogP contribution in [0, 0.1) is 22.7 Å². The van der Waals surface area contributed by atoms with Crippen molar-refractivity contribution in [3.8, 4) is 17.1 Å². The molecule has 1 N–H and O–H groups in total. The topological polar surface area (TPSA) is 169 Å². The van der Waals surface area contributed by atoms with Gasteiger partial charge < -0.3 is 23.7 Å². The molecule has 234 valence electrons. The van der Waals surface area contributed by atoms with Crippen molar-refractivity contribution in [3.63, 3.8) is 0 Å². The van der Waals surface area contributed by atoms with Crippen molar-refractivity contribution in [2.45, 2.75) is 77.8 Å². The molecule has 2 aromatic heterocycles. The van der Waals surface area contributed by atoms with Gasteiger partial charge in [0.2, 0.25) is 0 Å². The van der Waals surface area contributed by atoms with Gasteiger partial charge in [0.25, 0.3) is 10.1 Å². The largest absolute Gasteiger partial charge is 0.484 e. The molecule has 0 aromatic carbocycles. The van der Waals surface area contributed by atoms with E-state index in [4.69, 9.17) is 22.8 Å². The number of carbonyl (C=O) groups excluding carboxylic acids is 2. The lowest BCUT2D eigenvalue weighted by Crippen LogP contribution is -2.71. The first-order chi connectivity index (χ1) is 20.0. The first-order valence-electron chi connectivity index (χ1n) is 14.1. The van der Waals surface area contributed by atoms with Gasteiger partial charge in [-0.25, -0.2) is 4.79 Å². The van der Waals surface area contributed by atoms with Crippen LogP contribution in [0.2, 0.25) is 0 Å². The van der Waals surface area contributed by atoms with E-state index in [0.717, 1.165) is 6.26 Å². The fourth-order valence-corrected chi connectivity index (χ4v) is 8.71. The molecule has 3 heterocycles. The molecule has 43 heavy (non-hydrogen) atoms. The molecule has 1 aliphatic heterocycles. The Morgan fingerprint density at radius 2 is 1.88 bits per heavy atom. The number of esters is 2. The van der Waals surface area contributed by atoms with Gasteiger partial charge in [-0.3, -0.25) is 18.8 Å². The molecule has 0 radical (unpaired) electrons. The predicted octanol–water partition coefficient (Wildman–Crippen LogP) is 3.17. The van der Waals surface area contributed by atoms with E-state index in [-0.39, 0.29) is 30.1 Å². The van der Waals surface area contributed by atoms with Crippen LogP contribution in [0.15, 0.2) is 39.8 Å². The van der Waals surface area contributed by atoms with E-state index in [9.17, 15) is 27.9 Å². The summed E-state index contributed by atoms with van der Waals surface area (Å²) in [6, 6.07) is 4.88. The number of aromatic nitrogens is 1. The smallest absolute Gasteiger partial charge is 0.345 e. The van der Waals surface area contributed by atoms with E-state index in [1.54, 1.807) is 25.3 Å². The first kappa shape index (κ1) is 31.1. The van der Waals surface area contributed by atoms with Crippen LogP contribution < -0.4 is 10.4 Å². The molecule has 2 aliphatic carbocycles. The van der Waals surface area contributed by atoms with E-state index in [1.165, 1.54) is 26.1 Å². The van der Waals surface area contributed by atoms with E-state index >= 15 is 0 Å². The number of fused-ring (bicyclic) bond motifs is 4. The molecule has 2 saturated carbocycles. The molecule has 0 bridgehead atoms. The van der Waals surface area contributed by atoms with Gasteiger partial charge in [-0.2, -0.15) is 8.42 Å². The van der Waals surface area contributed by atoms with E-state index in [1.807, 2.05) is 13.8 Å². The van der Waals surface area contributed by atoms with Crippen molar-refractivity contribution in [2.75, 3.05) is 12.9 Å². The summed E-state index contributed by atoms with van der Waals surface area (Å²) in [4.78, 5) is 41.6. The summed E-state index contributed by atoms with van der Waals surface area (Å²) in [5, 5.41) is 12.1. The second-order valence-electron chi connectivity index (χ2n) is 12.6. The molecule has 12 nitrogen and oxygen atoms in total. The zero-order chi connectivity index (χ0) is 31.5. The highest BCUT2D eigenvalue weighted by Gasteiger charge is 2.70. The molecule has 2 aromatic rings. The summed E-state index contributed by atoms with van der Waals surface area (Å²) in [5.41, 5.74) is -3.63. The maximum atomic E-state index is 13.4. The van der Waals surface area contributed by atoms with Crippen LogP contribution in [0.1, 0.15) is 65.5 Å². The highest BCUT2D eigenvalue weighted by Crippen LogP contribution is 2.67. The molecule has 3 aliphatic rings. The molecule has 8 atom stereocenters. The summed E-state index contributed by atoms with van der Waals surface area (Å²) in [6.07, 6.45) is 1.67. The van der Waals surface area contributed by atoms with Crippen LogP contribution in [-0.2, 0) is 33.4 Å². The number of rotatable bonds is 6. The number of aliphatic hydroxyl groups excluding tert-OH is 1. The molecular weight excluding hydrogens is 582 g/mol. The second-order valence-corrected chi connectivity index (χ2v) is 14.2. The Balaban J connectivity index is 1.68. The van der Waals surface area contributed by atoms with Crippen LogP contribution in [0.25, 0.3) is 11.3 Å². The van der Waals surface area contributed by atoms with E-state index in [0.29, 0.717) is 18.4 Å². The Bertz CT molecular complexity index is 1590. The Morgan fingerprint density at radius 1 is 1.16 bits per heavy atom. The van der Waals surface area contributed by atoms with Crippen molar-refractivity contribution < 1.29 is 45.9 Å². The standard InChI is InChI=1S/C30H37NO11S/c1-16(32)38-15-29(4)21-13-23(42-43(6,36)37)30(5)26(28(21,3)10-9-22(29)39-17(2)33)25(34)24-20(41-30)12-19(40-27(24)35)18-8-7-11-31-14-18/h7-8,11-12,14,21-23,25-26,34H,9-10,13,15H2,1-6H3/t21?,22-,23-,25-,26?,28-,29?,30+/m0/s1. The lowest BCUT2D eigenvalue weighted by molar-refractivity contribution is -0.262. The SMILES string of the molecule is CC(=O)OCC1(C)C2C[C@H](OS(C)(=O)=O)[C@@]3(C)Oc4cc(-c5cccnc5)oc(=O)c4[C@H](O)C3[C@@]2(C)CC[C@@H]1OC(C)=O. The Labute approximate surface area is 249 Å². The summed E-state index contributed by atoms with van der Waals surface area (Å²) in [5.74, 6) is -2.20. The summed E-state index contributed by atoms with van der Waals surface area (Å²) in [6.45, 7) is 7.89. The summed E-state index contributed by atoms with van der Waals surface area (Å²) >= 11 is 0. The van der Waals surface area contributed by atoms with Gasteiger partial charge in [0.1, 0.15) is 41.5 Å². The average Bonchev–Trinajstić information content (AvgIpc) is 2.89. The minimum absolute atomic E-state index is 0.0572. The number of hydrogen-bond donors (Lipinski definition) is 1. The molecule has 3 unspecified atom stereocenters. The van der Waals surface area contributed by atoms with Crippen LogP contribution in [0.5, 0.6) is 5.75 Å². The number of nitrogens with zero attached hydrogens (tertiary/aromatic N) is 1. The van der Waals surface area contributed by atoms with Crippen molar-refractivity contribution in [3.05, 3.63) is 46.6 Å². The first-order valence-corrected chi connectivity index (χ1v) is 16.0. The second kappa shape index (κ2) is 10.7. The fraction of sp³-hybridized carbons (Fsp3) is 0.600. The van der Waals surface area contributed by atoms with Crippen LogP contribution in [-0.4, -0.2) is 61.1 Å². The highest BCUT2D eigenvalue weighted by molar-refractivity contribution is 7.86. The number of ether oxygens (including phenoxy) is 3. The average molecular weight is 620 g/mol. The van der Waals surface area contributed by atoms with Crippen molar-refractivity contribution in [1.82, 2.24) is 4.98 Å². The number of hydrogen-bond acceptors (Lipinski definition) is 12. The Hall–Kier alpha value is -3.29. The lowest BCUT2D eigenvalue weighted by Gasteiger charge is -2.66. The Morgan fingerprint density at radius 3 is 2.49 bits per heavy atom. The molecule has 0 amide bonds. The monoisotopic (exact) mass is 619 g/mol. The minimum Gasteiger partial charge on any atom is -0.484 e. The van der Waals surface area contributed by atoms with Crippen LogP contribution >= 0.6 is 0 Å². The van der Waals surface area contributed by atoms with E-state index in [2.05, 4.69) is 4.98 Å². The summed E-state index contributed by atoms with van der Waals surface area (Å²) in [7, 11) is -4.04. The van der Waals surface area contributed by atoms with Crippen molar-refractivity contribution in [1.29, 1.82) is 0 Å². The van der Waals surface area contributed by atoms with Gasteiger partial charge in [-0.1, -0.05) is 13.8 Å². The maximum absolute atomic E-state index is 13.4. The quantitative estimate of drug-likeness (QED) is 0.371. The van der Waals surface area contributed by atoms with Gasteiger partial charge in [0, 0.05) is 49.2 Å². The van der Waals surface area contributed by atoms with Crippen LogP contribution in [0.4, 0.5) is 0 Å². The normalized spacial score (nSPS) is 35.0. The van der Waals surface area contributed by atoms with Crippen molar-refractivity contribution in [2.24, 2.45) is 22.7 Å². The maximum Gasteiger partial charge on any atom is 0.345 e. The molecular formula is C30H37NO11S. The Kier molecular flexibility index (Phi) is 7.75. The highest BCUT2D eigenvalue weighted by atomic mass is 32.2. The molecule has 0 saturated heterocycles. The van der Waals surface area contributed by atoms with Gasteiger partial charge >= 0.3 is 17.6 Å². The lowest BCUT2D eigenvalue weighted by atomic mass is 9.42. The fourth-order valence-electron chi connectivity index (χ4n) is 8.02. The third-order valence-electron chi connectivity index (χ3n) is 9.71. The predicted molar refractivity (Wildman–Crippen MR) is 151 cm³/mol. The summed E-state index contributed by atoms with van der Waals surface area (Å²) < 4.78 is 54.3. The number of pyridine rings is 1. The number of aliphatic hydroxyl groups is 1. The van der Waals surface area contributed by atoms with Gasteiger partial charge in [-0.05, 0) is 49.7 Å².